The number of nitrogens with zero attached hydrogens (tertiary/aromatic N) is 1. The van der Waals surface area contributed by atoms with Crippen LogP contribution in [-0.2, 0) is 34.0 Å². The second kappa shape index (κ2) is 12.9. The molecule has 3 amide bonds. The van der Waals surface area contributed by atoms with Crippen LogP contribution in [0.1, 0.15) is 28.6 Å². The third kappa shape index (κ3) is 6.05. The monoisotopic (exact) mass is 611 g/mol. The molecule has 41 heavy (non-hydrogen) atoms. The zero-order chi connectivity index (χ0) is 29.7. The van der Waals surface area contributed by atoms with Crippen molar-refractivity contribution in [2.45, 2.75) is 37.1 Å². The summed E-state index contributed by atoms with van der Waals surface area (Å²) in [5.74, 6) is -3.86. The van der Waals surface area contributed by atoms with Crippen LogP contribution >= 0.6 is 22.9 Å². The van der Waals surface area contributed by atoms with E-state index < -0.39 is 53.4 Å². The lowest BCUT2D eigenvalue weighted by molar-refractivity contribution is -0.174. The Morgan fingerprint density at radius 3 is 2.76 bits per heavy atom. The number of aldehydes is 1. The van der Waals surface area contributed by atoms with E-state index in [2.05, 4.69) is 10.6 Å². The van der Waals surface area contributed by atoms with Gasteiger partial charge in [-0.1, -0.05) is 24.6 Å². The fourth-order valence-corrected chi connectivity index (χ4v) is 5.70. The van der Waals surface area contributed by atoms with Crippen LogP contribution in [0, 0.1) is 5.82 Å². The van der Waals surface area contributed by atoms with E-state index in [1.54, 1.807) is 19.1 Å². The highest BCUT2D eigenvalue weighted by molar-refractivity contribution is 7.18. The molecule has 4 atom stereocenters. The number of rotatable bonds is 12. The number of morpholine rings is 1. The summed E-state index contributed by atoms with van der Waals surface area (Å²) in [4.78, 5) is 64.0. The van der Waals surface area contributed by atoms with Crippen molar-refractivity contribution in [1.29, 1.82) is 0 Å². The minimum absolute atomic E-state index is 0.00951. The number of carboxylic acid groups (broad SMARTS) is 1. The molecule has 220 valence electrons. The van der Waals surface area contributed by atoms with Crippen LogP contribution in [0.15, 0.2) is 30.3 Å². The Bertz CT molecular complexity index is 1340. The molecule has 2 aromatic rings. The molecular formula is C26H27ClFN3O9S. The molecule has 0 aliphatic carbocycles. The molecule has 0 bridgehead atoms. The van der Waals surface area contributed by atoms with Crippen molar-refractivity contribution in [1.82, 2.24) is 10.6 Å². The van der Waals surface area contributed by atoms with E-state index in [-0.39, 0.29) is 50.4 Å². The van der Waals surface area contributed by atoms with Gasteiger partial charge in [-0.05, 0) is 36.2 Å². The van der Waals surface area contributed by atoms with Crippen molar-refractivity contribution < 1.29 is 47.7 Å². The smallest absolute Gasteiger partial charge is 0.414 e. The Hall–Kier alpha value is -3.59. The molecule has 2 aliphatic rings. The highest BCUT2D eigenvalue weighted by Crippen LogP contribution is 2.39. The Morgan fingerprint density at radius 2 is 2.15 bits per heavy atom. The number of hydrogen-bond donors (Lipinski definition) is 3. The Balaban J connectivity index is 1.61. The Kier molecular flexibility index (Phi) is 9.58. The summed E-state index contributed by atoms with van der Waals surface area (Å²) in [6.07, 6.45) is -4.42. The minimum Gasteiger partial charge on any atom is -0.480 e. The van der Waals surface area contributed by atoms with Gasteiger partial charge in [0.2, 0.25) is 0 Å². The van der Waals surface area contributed by atoms with E-state index in [4.69, 9.17) is 25.8 Å². The summed E-state index contributed by atoms with van der Waals surface area (Å²) in [6.45, 7) is 1.65. The molecule has 3 N–H and O–H groups in total. The second-order valence-electron chi connectivity index (χ2n) is 9.24. The van der Waals surface area contributed by atoms with Gasteiger partial charge in [0, 0.05) is 13.2 Å². The Labute approximate surface area is 242 Å². The third-order valence-electron chi connectivity index (χ3n) is 6.64. The number of aliphatic carboxylic acids is 1. The maximum atomic E-state index is 15.6. The molecule has 2 aliphatic heterocycles. The molecule has 2 fully saturated rings. The SMILES string of the molecule is CCCOC(C=O)C(C(=O)O)(c1ccc(N2C[C@H](CNC(=O)c3ccc(Cl)s3)OC2=O)c(F)c1)C1OCCNC1=O. The number of nitrogens with one attached hydrogen (secondary N) is 2. The van der Waals surface area contributed by atoms with Crippen LogP contribution in [0.4, 0.5) is 14.9 Å². The molecule has 4 rings (SSSR count). The largest absolute Gasteiger partial charge is 0.480 e. The summed E-state index contributed by atoms with van der Waals surface area (Å²) in [6, 6.07) is 6.31. The fraction of sp³-hybridized carbons (Fsp3) is 0.423. The van der Waals surface area contributed by atoms with E-state index >= 15 is 4.39 Å². The highest BCUT2D eigenvalue weighted by atomic mass is 35.5. The number of ether oxygens (including phenoxy) is 3. The molecule has 0 spiro atoms. The van der Waals surface area contributed by atoms with Crippen LogP contribution < -0.4 is 15.5 Å². The van der Waals surface area contributed by atoms with Crippen molar-refractivity contribution in [2.75, 3.05) is 37.7 Å². The van der Waals surface area contributed by atoms with E-state index in [0.717, 1.165) is 28.4 Å². The van der Waals surface area contributed by atoms with Gasteiger partial charge in [-0.3, -0.25) is 19.3 Å². The van der Waals surface area contributed by atoms with Gasteiger partial charge >= 0.3 is 12.1 Å². The van der Waals surface area contributed by atoms with Crippen molar-refractivity contribution in [2.24, 2.45) is 0 Å². The number of benzene rings is 1. The van der Waals surface area contributed by atoms with Gasteiger partial charge in [0.15, 0.2) is 11.5 Å². The average molecular weight is 612 g/mol. The maximum absolute atomic E-state index is 15.6. The first-order valence-corrected chi connectivity index (χ1v) is 13.8. The van der Waals surface area contributed by atoms with E-state index in [1.165, 1.54) is 6.07 Å². The van der Waals surface area contributed by atoms with Gasteiger partial charge in [-0.15, -0.1) is 11.3 Å². The molecule has 3 heterocycles. The van der Waals surface area contributed by atoms with Crippen molar-refractivity contribution in [3.63, 3.8) is 0 Å². The predicted octanol–water partition coefficient (Wildman–Crippen LogP) is 2.13. The maximum Gasteiger partial charge on any atom is 0.414 e. The first kappa shape index (κ1) is 30.4. The highest BCUT2D eigenvalue weighted by Gasteiger charge is 2.59. The van der Waals surface area contributed by atoms with Crippen LogP contribution in [0.3, 0.4) is 0 Å². The first-order chi connectivity index (χ1) is 19.6. The number of hydrogen-bond acceptors (Lipinski definition) is 9. The molecule has 2 saturated heterocycles. The molecule has 0 saturated carbocycles. The molecular weight excluding hydrogens is 585 g/mol. The molecule has 12 nitrogen and oxygen atoms in total. The number of halogens is 2. The normalized spacial score (nSPS) is 21.0. The third-order valence-corrected chi connectivity index (χ3v) is 7.87. The number of amides is 3. The zero-order valence-electron chi connectivity index (χ0n) is 21.8. The first-order valence-electron chi connectivity index (χ1n) is 12.6. The van der Waals surface area contributed by atoms with Gasteiger partial charge in [-0.2, -0.15) is 0 Å². The Morgan fingerprint density at radius 1 is 1.37 bits per heavy atom. The number of carbonyl (C=O) groups is 5. The van der Waals surface area contributed by atoms with Gasteiger partial charge in [0.05, 0.1) is 34.6 Å². The minimum atomic E-state index is -2.44. The van der Waals surface area contributed by atoms with Gasteiger partial charge in [0.1, 0.15) is 24.3 Å². The summed E-state index contributed by atoms with van der Waals surface area (Å²) < 4.78 is 32.4. The van der Waals surface area contributed by atoms with E-state index in [1.807, 2.05) is 0 Å². The van der Waals surface area contributed by atoms with Gasteiger partial charge in [0.25, 0.3) is 11.8 Å². The van der Waals surface area contributed by atoms with Crippen molar-refractivity contribution in [3.8, 4) is 0 Å². The second-order valence-corrected chi connectivity index (χ2v) is 11.0. The van der Waals surface area contributed by atoms with Crippen molar-refractivity contribution in [3.05, 3.63) is 50.9 Å². The zero-order valence-corrected chi connectivity index (χ0v) is 23.3. The van der Waals surface area contributed by atoms with E-state index in [9.17, 15) is 29.1 Å². The van der Waals surface area contributed by atoms with Crippen molar-refractivity contribution >= 4 is 58.8 Å². The predicted molar refractivity (Wildman–Crippen MR) is 144 cm³/mol. The summed E-state index contributed by atoms with van der Waals surface area (Å²) in [5.41, 5.74) is -2.94. The number of thiophene rings is 1. The molecule has 1 aromatic heterocycles. The quantitative estimate of drug-likeness (QED) is 0.305. The lowest BCUT2D eigenvalue weighted by atomic mass is 9.70. The summed E-state index contributed by atoms with van der Waals surface area (Å²) in [7, 11) is 0. The molecule has 1 aromatic carbocycles. The lowest BCUT2D eigenvalue weighted by Crippen LogP contribution is -2.64. The fourth-order valence-electron chi connectivity index (χ4n) is 4.74. The summed E-state index contributed by atoms with van der Waals surface area (Å²) in [5, 5.41) is 15.6. The lowest BCUT2D eigenvalue weighted by Gasteiger charge is -2.41. The average Bonchev–Trinajstić information content (AvgIpc) is 3.55. The number of carboxylic acids is 1. The number of carbonyl (C=O) groups excluding carboxylic acids is 4. The standard InChI is InChI=1S/C26H27ClFN3O9S/c1-2-8-38-19(13-32)26(24(35)36,21-23(34)29-7-9-39-21)14-3-4-17(16(28)10-14)31-12-15(40-25(31)37)11-30-22(33)18-5-6-20(27)41-18/h3-6,10,13,15,19,21H,2,7-9,11-12H2,1H3,(H,29,34)(H,30,33)(H,35,36)/t15-,19?,21?,26?/m0/s1. The van der Waals surface area contributed by atoms with Crippen LogP contribution in [0.2, 0.25) is 4.34 Å². The van der Waals surface area contributed by atoms with E-state index in [0.29, 0.717) is 15.6 Å². The summed E-state index contributed by atoms with van der Waals surface area (Å²) >= 11 is 6.93. The topological polar surface area (TPSA) is 161 Å². The van der Waals surface area contributed by atoms with Crippen LogP contribution in [0.5, 0.6) is 0 Å². The van der Waals surface area contributed by atoms with Gasteiger partial charge in [-0.25, -0.2) is 9.18 Å². The van der Waals surface area contributed by atoms with Gasteiger partial charge < -0.3 is 34.7 Å². The molecule has 3 unspecified atom stereocenters. The van der Waals surface area contributed by atoms with Crippen LogP contribution in [0.25, 0.3) is 0 Å². The number of cyclic esters (lactones) is 1. The number of anilines is 1. The molecule has 15 heteroatoms. The van der Waals surface area contributed by atoms with Crippen LogP contribution in [-0.4, -0.2) is 86.4 Å². The molecule has 0 radical (unpaired) electrons.